The first-order valence-corrected chi connectivity index (χ1v) is 3.11. The van der Waals surface area contributed by atoms with Crippen molar-refractivity contribution < 1.29 is 4.18 Å². The molecule has 0 rings (SSSR count). The van der Waals surface area contributed by atoms with Gasteiger partial charge in [-0.3, -0.25) is 0 Å². The third-order valence-corrected chi connectivity index (χ3v) is 1.02. The van der Waals surface area contributed by atoms with Gasteiger partial charge in [0.25, 0.3) is 6.26 Å². The number of allylic oxidation sites excluding steroid dienone is 1. The number of rotatable bonds is 3. The molecular weight excluding hydrogens is 122 g/mol. The molecule has 0 aromatic rings. The van der Waals surface area contributed by atoms with Crippen molar-refractivity contribution in [2.45, 2.75) is 6.92 Å². The Balaban J connectivity index is 2.85. The van der Waals surface area contributed by atoms with E-state index in [1.54, 1.807) is 6.26 Å². The van der Waals surface area contributed by atoms with Gasteiger partial charge in [0.1, 0.15) is 0 Å². The van der Waals surface area contributed by atoms with E-state index in [1.807, 2.05) is 19.1 Å². The number of hydrogen-bond donors (Lipinski definition) is 0. The Hall–Kier alpha value is -0.620. The van der Waals surface area contributed by atoms with E-state index < -0.39 is 0 Å². The highest BCUT2D eigenvalue weighted by atomic mass is 32.2. The Morgan fingerprint density at radius 1 is 1.88 bits per heavy atom. The predicted octanol–water partition coefficient (Wildman–Crippen LogP) is 1.71. The molecule has 0 aromatic heterocycles. The molecule has 0 N–H and O–H groups in total. The van der Waals surface area contributed by atoms with Crippen LogP contribution in [0.25, 0.3) is 0 Å². The number of nitrogens with zero attached hydrogens (tertiary/aromatic N) is 1. The fourth-order valence-corrected chi connectivity index (χ4v) is 0.588. The quantitative estimate of drug-likeness (QED) is 0.252. The van der Waals surface area contributed by atoms with Gasteiger partial charge < -0.3 is 4.18 Å². The van der Waals surface area contributed by atoms with E-state index >= 15 is 0 Å². The first-order valence-electron chi connectivity index (χ1n) is 2.20. The molecule has 44 valence electrons. The fraction of sp³-hybridized carbons (Fsp3) is 0.400. The summed E-state index contributed by atoms with van der Waals surface area (Å²) in [5.74, 6) is 0.740. The van der Waals surface area contributed by atoms with Crippen LogP contribution in [0.1, 0.15) is 6.92 Å². The molecule has 2 nitrogen and oxygen atoms in total. The smallest absolute Gasteiger partial charge is 0.299 e. The van der Waals surface area contributed by atoms with Gasteiger partial charge >= 0.3 is 0 Å². The summed E-state index contributed by atoms with van der Waals surface area (Å²) in [5.41, 5.74) is 0. The van der Waals surface area contributed by atoms with Crippen LogP contribution in [0.2, 0.25) is 0 Å². The third-order valence-electron chi connectivity index (χ3n) is 0.496. The molecule has 0 saturated carbocycles. The van der Waals surface area contributed by atoms with E-state index in [0.717, 1.165) is 17.8 Å². The summed E-state index contributed by atoms with van der Waals surface area (Å²) in [7, 11) is 0. The third kappa shape index (κ3) is 5.38. The molecule has 8 heavy (non-hydrogen) atoms. The maximum atomic E-state index is 7.85. The second-order valence-electron chi connectivity index (χ2n) is 1.03. The van der Waals surface area contributed by atoms with Crippen molar-refractivity contribution in [2.24, 2.45) is 0 Å². The molecule has 0 aromatic carbocycles. The largest absolute Gasteiger partial charge is 0.352 e. The lowest BCUT2D eigenvalue weighted by Crippen LogP contribution is -1.68. The van der Waals surface area contributed by atoms with Gasteiger partial charge in [0.05, 0.1) is 17.8 Å². The topological polar surface area (TPSA) is 33.0 Å². The lowest BCUT2D eigenvalue weighted by molar-refractivity contribution is 0.596. The lowest BCUT2D eigenvalue weighted by atomic mass is 10.6. The molecule has 0 amide bonds. The van der Waals surface area contributed by atoms with Crippen LogP contribution in [0.4, 0.5) is 0 Å². The van der Waals surface area contributed by atoms with Gasteiger partial charge in [-0.15, -0.1) is 5.26 Å². The molecular formula is C5H7NOS. The molecule has 0 fully saturated rings. The van der Waals surface area contributed by atoms with Crippen molar-refractivity contribution in [3.05, 3.63) is 12.2 Å². The summed E-state index contributed by atoms with van der Waals surface area (Å²) < 4.78 is 4.31. The maximum absolute atomic E-state index is 7.85. The van der Waals surface area contributed by atoms with E-state index in [2.05, 4.69) is 4.18 Å². The molecule has 0 aliphatic heterocycles. The summed E-state index contributed by atoms with van der Waals surface area (Å²) in [5, 5.41) is 7.85. The molecule has 0 bridgehead atoms. The molecule has 3 heteroatoms. The maximum Gasteiger partial charge on any atom is 0.299 e. The van der Waals surface area contributed by atoms with Crippen LogP contribution < -0.4 is 0 Å². The highest BCUT2D eigenvalue weighted by molar-refractivity contribution is 7.94. The van der Waals surface area contributed by atoms with Crippen molar-refractivity contribution >= 4 is 12.0 Å². The van der Waals surface area contributed by atoms with Crippen LogP contribution in [-0.2, 0) is 4.18 Å². The SMILES string of the molecule is CC=CCSOC#N. The summed E-state index contributed by atoms with van der Waals surface area (Å²) >= 11 is 1.13. The second-order valence-corrected chi connectivity index (χ2v) is 1.76. The van der Waals surface area contributed by atoms with Crippen LogP contribution in [-0.4, -0.2) is 5.75 Å². The second kappa shape index (κ2) is 6.38. The van der Waals surface area contributed by atoms with Crippen molar-refractivity contribution in [1.82, 2.24) is 0 Å². The molecule has 0 unspecified atom stereocenters. The van der Waals surface area contributed by atoms with Crippen molar-refractivity contribution in [2.75, 3.05) is 5.75 Å². The van der Waals surface area contributed by atoms with Gasteiger partial charge in [-0.25, -0.2) is 0 Å². The standard InChI is InChI=1S/C5H7NOS/c1-2-3-4-8-7-5-6/h2-3H,4H2,1H3. The van der Waals surface area contributed by atoms with Crippen LogP contribution in [0, 0.1) is 11.5 Å². The minimum atomic E-state index is 0.740. The highest BCUT2D eigenvalue weighted by Crippen LogP contribution is 1.99. The first kappa shape index (κ1) is 7.38. The molecule has 0 radical (unpaired) electrons. The van der Waals surface area contributed by atoms with Crippen LogP contribution in [0.15, 0.2) is 12.2 Å². The summed E-state index contributed by atoms with van der Waals surface area (Å²) in [6.45, 7) is 1.92. The Morgan fingerprint density at radius 2 is 2.62 bits per heavy atom. The molecule has 0 aliphatic rings. The Kier molecular flexibility index (Phi) is 5.89. The van der Waals surface area contributed by atoms with Crippen molar-refractivity contribution in [3.63, 3.8) is 0 Å². The Bertz CT molecular complexity index is 105. The van der Waals surface area contributed by atoms with Gasteiger partial charge in [-0.05, 0) is 6.92 Å². The van der Waals surface area contributed by atoms with Crippen LogP contribution in [0.5, 0.6) is 0 Å². The average Bonchev–Trinajstić information content (AvgIpc) is 1.81. The zero-order chi connectivity index (χ0) is 6.24. The van der Waals surface area contributed by atoms with Gasteiger partial charge in [-0.2, -0.15) is 0 Å². The van der Waals surface area contributed by atoms with Gasteiger partial charge in [-0.1, -0.05) is 12.2 Å². The first-order chi connectivity index (χ1) is 3.91. The van der Waals surface area contributed by atoms with Gasteiger partial charge in [0, 0.05) is 0 Å². The Labute approximate surface area is 53.3 Å². The van der Waals surface area contributed by atoms with E-state index in [1.165, 1.54) is 0 Å². The lowest BCUT2D eigenvalue weighted by Gasteiger charge is -1.83. The zero-order valence-electron chi connectivity index (χ0n) is 4.63. The molecule has 0 atom stereocenters. The van der Waals surface area contributed by atoms with E-state index in [4.69, 9.17) is 5.26 Å². The number of hydrogen-bond acceptors (Lipinski definition) is 3. The average molecular weight is 129 g/mol. The van der Waals surface area contributed by atoms with Crippen molar-refractivity contribution in [3.8, 4) is 6.26 Å². The molecule has 0 heterocycles. The predicted molar refractivity (Wildman–Crippen MR) is 34.0 cm³/mol. The van der Waals surface area contributed by atoms with Gasteiger partial charge in [0.2, 0.25) is 0 Å². The summed E-state index contributed by atoms with van der Waals surface area (Å²) in [6.07, 6.45) is 5.38. The van der Waals surface area contributed by atoms with Crippen molar-refractivity contribution in [1.29, 1.82) is 5.26 Å². The fourth-order valence-electron chi connectivity index (χ4n) is 0.196. The van der Waals surface area contributed by atoms with E-state index in [-0.39, 0.29) is 0 Å². The monoisotopic (exact) mass is 129 g/mol. The van der Waals surface area contributed by atoms with Crippen LogP contribution in [0.3, 0.4) is 0 Å². The Morgan fingerprint density at radius 3 is 3.12 bits per heavy atom. The summed E-state index contributed by atoms with van der Waals surface area (Å²) in [6, 6.07) is 0. The van der Waals surface area contributed by atoms with E-state index in [9.17, 15) is 0 Å². The minimum Gasteiger partial charge on any atom is -0.352 e. The highest BCUT2D eigenvalue weighted by Gasteiger charge is 1.78. The van der Waals surface area contributed by atoms with Gasteiger partial charge in [0.15, 0.2) is 0 Å². The molecule has 0 saturated heterocycles. The molecule has 0 aliphatic carbocycles. The van der Waals surface area contributed by atoms with Crippen LogP contribution >= 0.6 is 12.0 Å². The summed E-state index contributed by atoms with van der Waals surface area (Å²) in [4.78, 5) is 0. The minimum absolute atomic E-state index is 0.740. The van der Waals surface area contributed by atoms with E-state index in [0.29, 0.717) is 0 Å². The zero-order valence-corrected chi connectivity index (χ0v) is 5.44. The number of nitriles is 1. The molecule has 0 spiro atoms. The normalized spacial score (nSPS) is 9.00.